The summed E-state index contributed by atoms with van der Waals surface area (Å²) in [5.41, 5.74) is -1.71. The molecule has 1 aromatic heterocycles. The number of methoxy groups -OCH3 is 1. The van der Waals surface area contributed by atoms with Crippen molar-refractivity contribution in [3.63, 3.8) is 0 Å². The van der Waals surface area contributed by atoms with Crippen molar-refractivity contribution in [1.82, 2.24) is 20.5 Å². The lowest BCUT2D eigenvalue weighted by Gasteiger charge is -2.30. The Kier molecular flexibility index (Phi) is 9.43. The number of benzene rings is 1. The number of ether oxygens (including phenoxy) is 4. The van der Waals surface area contributed by atoms with Crippen molar-refractivity contribution in [3.05, 3.63) is 42.8 Å². The number of amides is 3. The topological polar surface area (TPSA) is 149 Å². The van der Waals surface area contributed by atoms with Crippen LogP contribution in [0.15, 0.2) is 42.8 Å². The van der Waals surface area contributed by atoms with Crippen molar-refractivity contribution in [2.24, 2.45) is 5.92 Å². The Morgan fingerprint density at radius 2 is 1.96 bits per heavy atom. The summed E-state index contributed by atoms with van der Waals surface area (Å²) in [5.74, 6) is 0.143. The van der Waals surface area contributed by atoms with Gasteiger partial charge in [0.15, 0.2) is 0 Å². The molecule has 0 radical (unpaired) electrons. The number of alkyl carbamates (subject to hydrolysis) is 1. The minimum absolute atomic E-state index is 0.0173. The predicted molar refractivity (Wildman–Crippen MR) is 166 cm³/mol. The number of aromatic nitrogens is 1. The van der Waals surface area contributed by atoms with Crippen LogP contribution in [0.3, 0.4) is 0 Å². The highest BCUT2D eigenvalue weighted by molar-refractivity contribution is 5.93. The molecule has 12 nitrogen and oxygen atoms in total. The van der Waals surface area contributed by atoms with E-state index < -0.39 is 47.2 Å². The summed E-state index contributed by atoms with van der Waals surface area (Å²) in [4.78, 5) is 46.8. The maximum atomic E-state index is 14.2. The average Bonchev–Trinajstić information content (AvgIpc) is 3.51. The van der Waals surface area contributed by atoms with Crippen LogP contribution in [0.1, 0.15) is 59.3 Å². The molecule has 3 aliphatic rings. The van der Waals surface area contributed by atoms with Gasteiger partial charge in [0.2, 0.25) is 17.7 Å². The molecule has 3 heterocycles. The standard InChI is InChI=1S/C33H44N4O8/c1-20(38)33-18-22(33)8-6-14-43-15-7-9-26(35-31(41)45-32(2,3)4)30(40)37-19-24(17-27(37)28(39)36-33)44-29-25-11-10-23(42-5)16-21(25)12-13-34-29/h10-13,16,22,24,26-27,38H,1,6-9,14-15,17-19H2,2-5H3,(H,35,41)(H,36,39)/t22-,24-,26+,27+,33+/m1/s1. The number of nitrogens with one attached hydrogen (secondary N) is 2. The van der Waals surface area contributed by atoms with Crippen LogP contribution in [0.5, 0.6) is 11.6 Å². The number of nitrogens with zero attached hydrogens (tertiary/aromatic N) is 2. The fourth-order valence-corrected chi connectivity index (χ4v) is 6.27. The number of pyridine rings is 1. The van der Waals surface area contributed by atoms with Crippen LogP contribution in [0, 0.1) is 5.92 Å². The van der Waals surface area contributed by atoms with Crippen LogP contribution in [-0.4, -0.2) is 89.1 Å². The zero-order chi connectivity index (χ0) is 32.4. The van der Waals surface area contributed by atoms with E-state index in [4.69, 9.17) is 18.9 Å². The van der Waals surface area contributed by atoms with Crippen molar-refractivity contribution in [3.8, 4) is 11.6 Å². The lowest BCUT2D eigenvalue weighted by Crippen LogP contribution is -2.55. The first-order valence-electron chi connectivity index (χ1n) is 15.6. The number of fused-ring (bicyclic) bond motifs is 3. The highest BCUT2D eigenvalue weighted by Crippen LogP contribution is 2.50. The molecular formula is C33H44N4O8. The van der Waals surface area contributed by atoms with Crippen LogP contribution in [-0.2, 0) is 19.1 Å². The van der Waals surface area contributed by atoms with Gasteiger partial charge >= 0.3 is 6.09 Å². The largest absolute Gasteiger partial charge is 0.510 e. The number of carbonyl (C=O) groups excluding carboxylic acids is 3. The van der Waals surface area contributed by atoms with E-state index >= 15 is 0 Å². The maximum absolute atomic E-state index is 14.2. The van der Waals surface area contributed by atoms with Crippen LogP contribution in [0.4, 0.5) is 4.79 Å². The molecule has 2 aromatic rings. The summed E-state index contributed by atoms with van der Waals surface area (Å²) in [6.45, 7) is 10.0. The monoisotopic (exact) mass is 624 g/mol. The minimum atomic E-state index is -0.957. The molecule has 1 aliphatic carbocycles. The van der Waals surface area contributed by atoms with Gasteiger partial charge in [0, 0.05) is 31.2 Å². The van der Waals surface area contributed by atoms with Gasteiger partial charge in [0.25, 0.3) is 0 Å². The number of aliphatic hydroxyl groups excluding tert-OH is 1. The molecule has 3 N–H and O–H groups in total. The van der Waals surface area contributed by atoms with E-state index in [1.165, 1.54) is 4.90 Å². The number of hydrogen-bond donors (Lipinski definition) is 3. The fourth-order valence-electron chi connectivity index (χ4n) is 6.27. The second kappa shape index (κ2) is 13.1. The van der Waals surface area contributed by atoms with Gasteiger partial charge in [-0.05, 0) is 88.4 Å². The van der Waals surface area contributed by atoms with Crippen molar-refractivity contribution < 1.29 is 38.4 Å². The fraction of sp³-hybridized carbons (Fsp3) is 0.576. The normalized spacial score (nSPS) is 27.7. The van der Waals surface area contributed by atoms with E-state index in [0.29, 0.717) is 44.1 Å². The Hall–Kier alpha value is -4.06. The van der Waals surface area contributed by atoms with E-state index in [0.717, 1.165) is 23.6 Å². The first kappa shape index (κ1) is 32.3. The van der Waals surface area contributed by atoms with Crippen LogP contribution >= 0.6 is 0 Å². The molecule has 5 atom stereocenters. The SMILES string of the molecule is C=C(O)[C@@]12C[C@H]1CCCOCCC[C@H](NC(=O)OC(C)(C)C)C(=O)N1C[C@H](Oc3nccc4cc(OC)ccc34)C[C@H]1C(=O)N2. The number of carbonyl (C=O) groups is 3. The quantitative estimate of drug-likeness (QED) is 0.420. The van der Waals surface area contributed by atoms with E-state index in [-0.39, 0.29) is 24.6 Å². The molecule has 0 unspecified atom stereocenters. The summed E-state index contributed by atoms with van der Waals surface area (Å²) in [7, 11) is 1.60. The molecule has 3 amide bonds. The summed E-state index contributed by atoms with van der Waals surface area (Å²) in [6, 6.07) is 5.53. The minimum Gasteiger partial charge on any atom is -0.510 e. The van der Waals surface area contributed by atoms with Gasteiger partial charge in [0.1, 0.15) is 35.3 Å². The van der Waals surface area contributed by atoms with Crippen LogP contribution < -0.4 is 20.1 Å². The summed E-state index contributed by atoms with van der Waals surface area (Å²) >= 11 is 0. The Bertz CT molecular complexity index is 1440. The van der Waals surface area contributed by atoms with Gasteiger partial charge in [0.05, 0.1) is 19.2 Å². The Labute approximate surface area is 263 Å². The third-order valence-electron chi connectivity index (χ3n) is 8.64. The lowest BCUT2D eigenvalue weighted by molar-refractivity contribution is -0.140. The molecule has 0 spiro atoms. The molecule has 2 aliphatic heterocycles. The van der Waals surface area contributed by atoms with Crippen molar-refractivity contribution >= 4 is 28.7 Å². The van der Waals surface area contributed by atoms with Gasteiger partial charge in [-0.1, -0.05) is 6.58 Å². The van der Waals surface area contributed by atoms with Crippen molar-refractivity contribution in [2.75, 3.05) is 26.9 Å². The molecule has 2 saturated heterocycles. The lowest BCUT2D eigenvalue weighted by atomic mass is 10.1. The first-order valence-corrected chi connectivity index (χ1v) is 15.6. The van der Waals surface area contributed by atoms with E-state index in [1.54, 1.807) is 34.1 Å². The molecule has 3 fully saturated rings. The molecule has 0 bridgehead atoms. The van der Waals surface area contributed by atoms with E-state index in [2.05, 4.69) is 22.2 Å². The summed E-state index contributed by atoms with van der Waals surface area (Å²) < 4.78 is 23.0. The van der Waals surface area contributed by atoms with Gasteiger partial charge in [-0.3, -0.25) is 9.59 Å². The summed E-state index contributed by atoms with van der Waals surface area (Å²) in [6.07, 6.45) is 3.39. The first-order chi connectivity index (χ1) is 21.4. The number of rotatable bonds is 5. The molecular weight excluding hydrogens is 580 g/mol. The second-order valence-corrected chi connectivity index (χ2v) is 13.1. The molecule has 1 aromatic carbocycles. The Balaban J connectivity index is 1.43. The molecule has 12 heteroatoms. The van der Waals surface area contributed by atoms with Crippen LogP contribution in [0.25, 0.3) is 10.8 Å². The smallest absolute Gasteiger partial charge is 0.408 e. The number of hydrogen-bond acceptors (Lipinski definition) is 9. The van der Waals surface area contributed by atoms with E-state index in [9.17, 15) is 19.5 Å². The van der Waals surface area contributed by atoms with Crippen LogP contribution in [0.2, 0.25) is 0 Å². The van der Waals surface area contributed by atoms with Gasteiger partial charge < -0.3 is 39.6 Å². The third kappa shape index (κ3) is 7.43. The molecule has 5 rings (SSSR count). The molecule has 1 saturated carbocycles. The zero-order valence-electron chi connectivity index (χ0n) is 26.5. The highest BCUT2D eigenvalue weighted by atomic mass is 16.6. The summed E-state index contributed by atoms with van der Waals surface area (Å²) in [5, 5.41) is 17.9. The Morgan fingerprint density at radius 1 is 1.20 bits per heavy atom. The Morgan fingerprint density at radius 3 is 2.67 bits per heavy atom. The van der Waals surface area contributed by atoms with Gasteiger partial charge in [-0.25, -0.2) is 9.78 Å². The maximum Gasteiger partial charge on any atom is 0.408 e. The van der Waals surface area contributed by atoms with Gasteiger partial charge in [-0.15, -0.1) is 0 Å². The predicted octanol–water partition coefficient (Wildman–Crippen LogP) is 4.02. The molecule has 244 valence electrons. The molecule has 45 heavy (non-hydrogen) atoms. The highest BCUT2D eigenvalue weighted by Gasteiger charge is 2.58. The zero-order valence-corrected chi connectivity index (χ0v) is 26.5. The van der Waals surface area contributed by atoms with Crippen molar-refractivity contribution in [1.29, 1.82) is 0 Å². The third-order valence-corrected chi connectivity index (χ3v) is 8.64. The van der Waals surface area contributed by atoms with Crippen molar-refractivity contribution in [2.45, 2.75) is 88.6 Å². The van der Waals surface area contributed by atoms with E-state index in [1.807, 2.05) is 24.3 Å². The number of aliphatic hydroxyl groups is 1. The average molecular weight is 625 g/mol. The second-order valence-electron chi connectivity index (χ2n) is 13.1. The van der Waals surface area contributed by atoms with Gasteiger partial charge in [-0.2, -0.15) is 0 Å².